The van der Waals surface area contributed by atoms with Crippen molar-refractivity contribution in [3.8, 4) is 0 Å². The molecule has 3 rings (SSSR count). The van der Waals surface area contributed by atoms with E-state index in [1.165, 1.54) is 11.3 Å². The van der Waals surface area contributed by atoms with Crippen LogP contribution in [0.1, 0.15) is 41.0 Å². The third-order valence-electron chi connectivity index (χ3n) is 3.77. The zero-order valence-corrected chi connectivity index (χ0v) is 13.9. The number of hydrogen-bond acceptors (Lipinski definition) is 6. The van der Waals surface area contributed by atoms with Gasteiger partial charge in [0.15, 0.2) is 0 Å². The van der Waals surface area contributed by atoms with Gasteiger partial charge >= 0.3 is 0 Å². The molecule has 1 amide bonds. The zero-order valence-electron chi connectivity index (χ0n) is 13.0. The fourth-order valence-electron chi connectivity index (χ4n) is 2.55. The first kappa shape index (κ1) is 15.0. The maximum Gasteiger partial charge on any atom is 0.265 e. The minimum atomic E-state index is 0.0945. The number of nitrogens with one attached hydrogen (secondary N) is 1. The van der Waals surface area contributed by atoms with Gasteiger partial charge in [0.25, 0.3) is 5.91 Å². The molecule has 118 valence electrons. The number of carbonyl (C=O) groups excluding carboxylic acids is 1. The lowest BCUT2D eigenvalue weighted by Gasteiger charge is -2.34. The van der Waals surface area contributed by atoms with Crippen LogP contribution in [-0.4, -0.2) is 57.2 Å². The lowest BCUT2D eigenvalue weighted by atomic mass is 10.1. The van der Waals surface area contributed by atoms with E-state index < -0.39 is 0 Å². The average molecular weight is 320 g/mol. The molecule has 22 heavy (non-hydrogen) atoms. The SMILES string of the molecule is Cc1nc(N2CCN(C(=O)c3scnc3C(C)C)CC2)n[nH]1. The van der Waals surface area contributed by atoms with E-state index >= 15 is 0 Å². The number of piperazine rings is 1. The number of carbonyl (C=O) groups is 1. The van der Waals surface area contributed by atoms with Gasteiger partial charge in [-0.3, -0.25) is 9.89 Å². The average Bonchev–Trinajstić information content (AvgIpc) is 3.15. The second-order valence-electron chi connectivity index (χ2n) is 5.72. The molecule has 2 aromatic heterocycles. The minimum Gasteiger partial charge on any atom is -0.336 e. The highest BCUT2D eigenvalue weighted by atomic mass is 32.1. The van der Waals surface area contributed by atoms with Gasteiger partial charge in [-0.15, -0.1) is 16.4 Å². The largest absolute Gasteiger partial charge is 0.336 e. The van der Waals surface area contributed by atoms with Gasteiger partial charge in [-0.1, -0.05) is 13.8 Å². The summed E-state index contributed by atoms with van der Waals surface area (Å²) in [4.78, 5) is 26.1. The maximum absolute atomic E-state index is 12.7. The first-order valence-electron chi connectivity index (χ1n) is 7.43. The van der Waals surface area contributed by atoms with E-state index in [0.29, 0.717) is 19.0 Å². The Bertz CT molecular complexity index is 656. The highest BCUT2D eigenvalue weighted by molar-refractivity contribution is 7.11. The number of H-pyrrole nitrogens is 1. The molecule has 3 heterocycles. The Labute approximate surface area is 133 Å². The van der Waals surface area contributed by atoms with Crippen LogP contribution in [0.15, 0.2) is 5.51 Å². The van der Waals surface area contributed by atoms with Crippen LogP contribution in [0.3, 0.4) is 0 Å². The summed E-state index contributed by atoms with van der Waals surface area (Å²) in [5.74, 6) is 1.88. The molecular weight excluding hydrogens is 300 g/mol. The molecule has 0 aliphatic carbocycles. The molecule has 0 aromatic carbocycles. The lowest BCUT2D eigenvalue weighted by molar-refractivity contribution is 0.0749. The Hall–Kier alpha value is -1.96. The second kappa shape index (κ2) is 6.04. The Morgan fingerprint density at radius 1 is 1.32 bits per heavy atom. The van der Waals surface area contributed by atoms with Crippen molar-refractivity contribution < 1.29 is 4.79 Å². The third kappa shape index (κ3) is 2.83. The molecule has 2 aromatic rings. The van der Waals surface area contributed by atoms with Crippen LogP contribution < -0.4 is 4.90 Å². The summed E-state index contributed by atoms with van der Waals surface area (Å²) in [7, 11) is 0. The summed E-state index contributed by atoms with van der Waals surface area (Å²) in [5, 5.41) is 7.03. The minimum absolute atomic E-state index is 0.0945. The molecule has 0 spiro atoms. The standard InChI is InChI=1S/C14H20N6OS/c1-9(2)11-12(22-8-15-11)13(21)19-4-6-20(7-5-19)14-16-10(3)17-18-14/h8-9H,4-7H2,1-3H3,(H,16,17,18). The monoisotopic (exact) mass is 320 g/mol. The van der Waals surface area contributed by atoms with Crippen LogP contribution >= 0.6 is 11.3 Å². The molecular formula is C14H20N6OS. The number of rotatable bonds is 3. The van der Waals surface area contributed by atoms with Crippen LogP contribution in [0.25, 0.3) is 0 Å². The topological polar surface area (TPSA) is 78.0 Å². The van der Waals surface area contributed by atoms with Crippen molar-refractivity contribution in [2.75, 3.05) is 31.1 Å². The number of aromatic nitrogens is 4. The van der Waals surface area contributed by atoms with E-state index in [9.17, 15) is 4.79 Å². The number of nitrogens with zero attached hydrogens (tertiary/aromatic N) is 5. The van der Waals surface area contributed by atoms with E-state index in [1.54, 1.807) is 5.51 Å². The maximum atomic E-state index is 12.7. The lowest BCUT2D eigenvalue weighted by Crippen LogP contribution is -2.49. The predicted octanol–water partition coefficient (Wildman–Crippen LogP) is 1.66. The molecule has 0 saturated carbocycles. The zero-order chi connectivity index (χ0) is 15.7. The third-order valence-corrected chi connectivity index (χ3v) is 4.60. The smallest absolute Gasteiger partial charge is 0.265 e. The number of aromatic amines is 1. The first-order valence-corrected chi connectivity index (χ1v) is 8.31. The summed E-state index contributed by atoms with van der Waals surface area (Å²) in [6.07, 6.45) is 0. The Morgan fingerprint density at radius 3 is 2.64 bits per heavy atom. The van der Waals surface area contributed by atoms with Crippen molar-refractivity contribution in [2.45, 2.75) is 26.7 Å². The molecule has 1 aliphatic heterocycles. The first-order chi connectivity index (χ1) is 10.6. The molecule has 0 radical (unpaired) electrons. The summed E-state index contributed by atoms with van der Waals surface area (Å²) < 4.78 is 0. The number of amides is 1. The molecule has 8 heteroatoms. The van der Waals surface area contributed by atoms with E-state index in [2.05, 4.69) is 38.9 Å². The quantitative estimate of drug-likeness (QED) is 0.930. The van der Waals surface area contributed by atoms with Crippen molar-refractivity contribution in [3.63, 3.8) is 0 Å². The molecule has 7 nitrogen and oxygen atoms in total. The van der Waals surface area contributed by atoms with Gasteiger partial charge in [0.2, 0.25) is 5.95 Å². The van der Waals surface area contributed by atoms with Crippen LogP contribution in [-0.2, 0) is 0 Å². The molecule has 0 unspecified atom stereocenters. The highest BCUT2D eigenvalue weighted by Gasteiger charge is 2.27. The summed E-state index contributed by atoms with van der Waals surface area (Å²) in [6.45, 7) is 8.87. The fourth-order valence-corrected chi connectivity index (χ4v) is 3.46. The fraction of sp³-hybridized carbons (Fsp3) is 0.571. The predicted molar refractivity (Wildman–Crippen MR) is 85.4 cm³/mol. The normalized spacial score (nSPS) is 15.6. The van der Waals surface area contributed by atoms with Crippen molar-refractivity contribution in [3.05, 3.63) is 21.9 Å². The van der Waals surface area contributed by atoms with Crippen LogP contribution in [0.2, 0.25) is 0 Å². The second-order valence-corrected chi connectivity index (χ2v) is 6.58. The van der Waals surface area contributed by atoms with Crippen molar-refractivity contribution in [1.29, 1.82) is 0 Å². The summed E-state index contributed by atoms with van der Waals surface area (Å²) in [5.41, 5.74) is 2.66. The van der Waals surface area contributed by atoms with Gasteiger partial charge in [0, 0.05) is 26.2 Å². The number of hydrogen-bond donors (Lipinski definition) is 1. The van der Waals surface area contributed by atoms with Gasteiger partial charge in [-0.25, -0.2) is 4.98 Å². The van der Waals surface area contributed by atoms with Gasteiger partial charge in [0.1, 0.15) is 10.7 Å². The molecule has 0 bridgehead atoms. The highest BCUT2D eigenvalue weighted by Crippen LogP contribution is 2.24. The van der Waals surface area contributed by atoms with E-state index in [4.69, 9.17) is 0 Å². The summed E-state index contributed by atoms with van der Waals surface area (Å²) in [6, 6.07) is 0. The number of aryl methyl sites for hydroxylation is 1. The Morgan fingerprint density at radius 2 is 2.05 bits per heavy atom. The van der Waals surface area contributed by atoms with Crippen LogP contribution in [0.5, 0.6) is 0 Å². The van der Waals surface area contributed by atoms with Gasteiger partial charge in [-0.05, 0) is 12.8 Å². The van der Waals surface area contributed by atoms with Crippen molar-refractivity contribution in [2.24, 2.45) is 0 Å². The molecule has 1 fully saturated rings. The van der Waals surface area contributed by atoms with E-state index in [1.807, 2.05) is 11.8 Å². The molecule has 0 atom stereocenters. The van der Waals surface area contributed by atoms with Gasteiger partial charge in [0.05, 0.1) is 11.2 Å². The van der Waals surface area contributed by atoms with Crippen LogP contribution in [0, 0.1) is 6.92 Å². The molecule has 1 N–H and O–H groups in total. The van der Waals surface area contributed by atoms with E-state index in [-0.39, 0.29) is 11.8 Å². The Kier molecular flexibility index (Phi) is 4.10. The number of anilines is 1. The van der Waals surface area contributed by atoms with Crippen molar-refractivity contribution in [1.82, 2.24) is 25.1 Å². The van der Waals surface area contributed by atoms with Gasteiger partial charge in [-0.2, -0.15) is 4.98 Å². The molecule has 1 aliphatic rings. The van der Waals surface area contributed by atoms with Crippen molar-refractivity contribution >= 4 is 23.2 Å². The Balaban J connectivity index is 1.66. The summed E-state index contributed by atoms with van der Waals surface area (Å²) >= 11 is 1.43. The number of thiazole rings is 1. The van der Waals surface area contributed by atoms with E-state index in [0.717, 1.165) is 29.5 Å². The molecule has 1 saturated heterocycles. The van der Waals surface area contributed by atoms with Gasteiger partial charge < -0.3 is 9.80 Å². The van der Waals surface area contributed by atoms with Crippen LogP contribution in [0.4, 0.5) is 5.95 Å².